The standard InChI is InChI=1S/C15H17ClO2/c1-11-4-5-12(15(16)9-11)10-13(17)6-7-14-3-2-8-18-14/h2-5,8-9,13,17H,6-7,10H2,1H3. The van der Waals surface area contributed by atoms with E-state index in [4.69, 9.17) is 16.0 Å². The van der Waals surface area contributed by atoms with Gasteiger partial charge in [-0.15, -0.1) is 0 Å². The van der Waals surface area contributed by atoms with Crippen molar-refractivity contribution in [1.29, 1.82) is 0 Å². The lowest BCUT2D eigenvalue weighted by molar-refractivity contribution is 0.163. The summed E-state index contributed by atoms with van der Waals surface area (Å²) in [4.78, 5) is 0. The maximum Gasteiger partial charge on any atom is 0.103 e. The second-order valence-corrected chi connectivity index (χ2v) is 4.98. The molecule has 0 aliphatic rings. The first-order valence-electron chi connectivity index (χ1n) is 6.10. The Morgan fingerprint density at radius 2 is 2.17 bits per heavy atom. The summed E-state index contributed by atoms with van der Waals surface area (Å²) < 4.78 is 5.24. The summed E-state index contributed by atoms with van der Waals surface area (Å²) in [7, 11) is 0. The normalized spacial score (nSPS) is 12.6. The number of aliphatic hydroxyl groups excluding tert-OH is 1. The summed E-state index contributed by atoms with van der Waals surface area (Å²) in [6.45, 7) is 2.00. The van der Waals surface area contributed by atoms with Crippen LogP contribution in [0.2, 0.25) is 5.02 Å². The molecule has 0 saturated carbocycles. The van der Waals surface area contributed by atoms with E-state index in [-0.39, 0.29) is 0 Å². The minimum atomic E-state index is -0.393. The molecule has 0 aliphatic carbocycles. The molecular formula is C15H17ClO2. The van der Waals surface area contributed by atoms with Gasteiger partial charge in [-0.05, 0) is 49.1 Å². The number of halogens is 1. The molecule has 0 radical (unpaired) electrons. The minimum absolute atomic E-state index is 0.393. The molecule has 0 saturated heterocycles. The van der Waals surface area contributed by atoms with E-state index in [2.05, 4.69) is 0 Å². The van der Waals surface area contributed by atoms with Crippen molar-refractivity contribution in [2.45, 2.75) is 32.3 Å². The van der Waals surface area contributed by atoms with E-state index in [1.165, 1.54) is 0 Å². The van der Waals surface area contributed by atoms with Gasteiger partial charge >= 0.3 is 0 Å². The highest BCUT2D eigenvalue weighted by atomic mass is 35.5. The van der Waals surface area contributed by atoms with Crippen LogP contribution in [0.4, 0.5) is 0 Å². The molecule has 3 heteroatoms. The smallest absolute Gasteiger partial charge is 0.103 e. The molecule has 2 aromatic rings. The molecule has 1 aromatic heterocycles. The average molecular weight is 265 g/mol. The minimum Gasteiger partial charge on any atom is -0.469 e. The molecule has 18 heavy (non-hydrogen) atoms. The Labute approximate surface area is 112 Å². The second kappa shape index (κ2) is 6.07. The van der Waals surface area contributed by atoms with Gasteiger partial charge in [0.25, 0.3) is 0 Å². The van der Waals surface area contributed by atoms with Crippen LogP contribution in [0.15, 0.2) is 41.0 Å². The van der Waals surface area contributed by atoms with E-state index in [0.29, 0.717) is 12.8 Å². The summed E-state index contributed by atoms with van der Waals surface area (Å²) in [5.41, 5.74) is 2.13. The fourth-order valence-corrected chi connectivity index (χ4v) is 2.25. The Kier molecular flexibility index (Phi) is 4.45. The van der Waals surface area contributed by atoms with Crippen molar-refractivity contribution in [2.75, 3.05) is 0 Å². The van der Waals surface area contributed by atoms with E-state index in [0.717, 1.165) is 28.3 Å². The van der Waals surface area contributed by atoms with Crippen molar-refractivity contribution < 1.29 is 9.52 Å². The van der Waals surface area contributed by atoms with Crippen LogP contribution < -0.4 is 0 Å². The second-order valence-electron chi connectivity index (χ2n) is 4.57. The Balaban J connectivity index is 1.88. The fourth-order valence-electron chi connectivity index (χ4n) is 1.94. The van der Waals surface area contributed by atoms with Gasteiger partial charge in [0.2, 0.25) is 0 Å². The monoisotopic (exact) mass is 264 g/mol. The number of rotatable bonds is 5. The van der Waals surface area contributed by atoms with E-state index in [9.17, 15) is 5.11 Å². The molecule has 1 N–H and O–H groups in total. The Hall–Kier alpha value is -1.25. The highest BCUT2D eigenvalue weighted by Crippen LogP contribution is 2.20. The van der Waals surface area contributed by atoms with E-state index < -0.39 is 6.10 Å². The SMILES string of the molecule is Cc1ccc(CC(O)CCc2ccco2)c(Cl)c1. The Bertz CT molecular complexity index is 491. The summed E-state index contributed by atoms with van der Waals surface area (Å²) >= 11 is 6.14. The molecule has 0 aliphatic heterocycles. The van der Waals surface area contributed by atoms with Crippen molar-refractivity contribution in [1.82, 2.24) is 0 Å². The molecule has 0 amide bonds. The lowest BCUT2D eigenvalue weighted by Gasteiger charge is -2.11. The highest BCUT2D eigenvalue weighted by Gasteiger charge is 2.09. The van der Waals surface area contributed by atoms with Crippen molar-refractivity contribution in [2.24, 2.45) is 0 Å². The number of furan rings is 1. The van der Waals surface area contributed by atoms with Crippen LogP contribution in [-0.4, -0.2) is 11.2 Å². The molecule has 0 bridgehead atoms. The number of hydrogen-bond donors (Lipinski definition) is 1. The van der Waals surface area contributed by atoms with Gasteiger partial charge in [-0.3, -0.25) is 0 Å². The lowest BCUT2D eigenvalue weighted by atomic mass is 10.0. The maximum absolute atomic E-state index is 9.99. The van der Waals surface area contributed by atoms with Crippen molar-refractivity contribution in [3.63, 3.8) is 0 Å². The first-order valence-corrected chi connectivity index (χ1v) is 6.48. The quantitative estimate of drug-likeness (QED) is 0.892. The topological polar surface area (TPSA) is 33.4 Å². The lowest BCUT2D eigenvalue weighted by Crippen LogP contribution is -2.11. The molecule has 1 aromatic carbocycles. The molecule has 1 heterocycles. The average Bonchev–Trinajstić information content (AvgIpc) is 2.83. The third kappa shape index (κ3) is 3.62. The molecule has 1 unspecified atom stereocenters. The predicted molar refractivity (Wildman–Crippen MR) is 72.9 cm³/mol. The van der Waals surface area contributed by atoms with Crippen LogP contribution in [0.25, 0.3) is 0 Å². The van der Waals surface area contributed by atoms with Crippen LogP contribution in [0, 0.1) is 6.92 Å². The van der Waals surface area contributed by atoms with Crippen LogP contribution in [-0.2, 0) is 12.8 Å². The summed E-state index contributed by atoms with van der Waals surface area (Å²) in [6.07, 6.45) is 3.27. The number of hydrogen-bond acceptors (Lipinski definition) is 2. The highest BCUT2D eigenvalue weighted by molar-refractivity contribution is 6.31. The van der Waals surface area contributed by atoms with Crippen molar-refractivity contribution in [3.8, 4) is 0 Å². The number of aliphatic hydroxyl groups is 1. The molecular weight excluding hydrogens is 248 g/mol. The van der Waals surface area contributed by atoms with Crippen LogP contribution in [0.5, 0.6) is 0 Å². The van der Waals surface area contributed by atoms with Crippen LogP contribution in [0.3, 0.4) is 0 Å². The molecule has 0 fully saturated rings. The van der Waals surface area contributed by atoms with Gasteiger partial charge in [0.1, 0.15) is 5.76 Å². The van der Waals surface area contributed by atoms with Gasteiger partial charge < -0.3 is 9.52 Å². The van der Waals surface area contributed by atoms with E-state index in [1.54, 1.807) is 6.26 Å². The molecule has 96 valence electrons. The van der Waals surface area contributed by atoms with Gasteiger partial charge in [-0.2, -0.15) is 0 Å². The van der Waals surface area contributed by atoms with Gasteiger partial charge in [0, 0.05) is 11.4 Å². The summed E-state index contributed by atoms with van der Waals surface area (Å²) in [5.74, 6) is 0.907. The molecule has 2 rings (SSSR count). The van der Waals surface area contributed by atoms with Crippen LogP contribution in [0.1, 0.15) is 23.3 Å². The molecule has 1 atom stereocenters. The zero-order valence-electron chi connectivity index (χ0n) is 10.4. The zero-order chi connectivity index (χ0) is 13.0. The first-order chi connectivity index (χ1) is 8.65. The van der Waals surface area contributed by atoms with Gasteiger partial charge in [0.15, 0.2) is 0 Å². The number of benzene rings is 1. The van der Waals surface area contributed by atoms with Gasteiger partial charge in [-0.1, -0.05) is 23.7 Å². The Morgan fingerprint density at radius 1 is 1.33 bits per heavy atom. The number of aryl methyl sites for hydroxylation is 2. The molecule has 2 nitrogen and oxygen atoms in total. The third-order valence-corrected chi connectivity index (χ3v) is 3.32. The summed E-state index contributed by atoms with van der Waals surface area (Å²) in [6, 6.07) is 9.70. The van der Waals surface area contributed by atoms with E-state index >= 15 is 0 Å². The third-order valence-electron chi connectivity index (χ3n) is 2.97. The summed E-state index contributed by atoms with van der Waals surface area (Å²) in [5, 5.41) is 10.7. The fraction of sp³-hybridized carbons (Fsp3) is 0.333. The van der Waals surface area contributed by atoms with Crippen LogP contribution >= 0.6 is 11.6 Å². The first kappa shape index (κ1) is 13.2. The Morgan fingerprint density at radius 3 is 2.83 bits per heavy atom. The van der Waals surface area contributed by atoms with Crippen molar-refractivity contribution >= 4 is 11.6 Å². The largest absolute Gasteiger partial charge is 0.469 e. The van der Waals surface area contributed by atoms with Gasteiger partial charge in [-0.25, -0.2) is 0 Å². The van der Waals surface area contributed by atoms with E-state index in [1.807, 2.05) is 37.3 Å². The molecule has 0 spiro atoms. The van der Waals surface area contributed by atoms with Crippen molar-refractivity contribution in [3.05, 3.63) is 58.5 Å². The zero-order valence-corrected chi connectivity index (χ0v) is 11.2. The van der Waals surface area contributed by atoms with Gasteiger partial charge in [0.05, 0.1) is 12.4 Å². The maximum atomic E-state index is 9.99. The predicted octanol–water partition coefficient (Wildman–Crippen LogP) is 3.78.